The second kappa shape index (κ2) is 6.23. The molecule has 0 fully saturated rings. The minimum atomic E-state index is -0.172. The van der Waals surface area contributed by atoms with Crippen LogP contribution in [0.5, 0.6) is 0 Å². The molecule has 1 aromatic rings. The fourth-order valence-electron chi connectivity index (χ4n) is 2.22. The maximum atomic E-state index is 9.23. The van der Waals surface area contributed by atoms with Gasteiger partial charge in [0.15, 0.2) is 0 Å². The summed E-state index contributed by atoms with van der Waals surface area (Å²) in [7, 11) is 0. The highest BCUT2D eigenvalue weighted by Gasteiger charge is 2.25. The van der Waals surface area contributed by atoms with Crippen LogP contribution in [0, 0.1) is 0 Å². The van der Waals surface area contributed by atoms with Gasteiger partial charge < -0.3 is 10.4 Å². The average Bonchev–Trinajstić information content (AvgIpc) is 2.71. The molecular weight excluding hydrogens is 250 g/mol. The van der Waals surface area contributed by atoms with Gasteiger partial charge in [-0.1, -0.05) is 6.92 Å². The van der Waals surface area contributed by atoms with Crippen LogP contribution >= 0.6 is 23.1 Å². The molecule has 0 aromatic carbocycles. The Bertz CT molecular complexity index is 351. The van der Waals surface area contributed by atoms with Gasteiger partial charge in [0.25, 0.3) is 0 Å². The highest BCUT2D eigenvalue weighted by atomic mass is 32.2. The predicted molar refractivity (Wildman–Crippen MR) is 75.9 cm³/mol. The minimum Gasteiger partial charge on any atom is -0.393 e. The molecule has 2 unspecified atom stereocenters. The van der Waals surface area contributed by atoms with Gasteiger partial charge in [-0.3, -0.25) is 0 Å². The van der Waals surface area contributed by atoms with E-state index in [-0.39, 0.29) is 6.10 Å². The van der Waals surface area contributed by atoms with Crippen molar-refractivity contribution in [1.29, 1.82) is 0 Å². The molecule has 0 saturated carbocycles. The molecule has 0 amide bonds. The maximum absolute atomic E-state index is 9.23. The number of hydrogen-bond donors (Lipinski definition) is 2. The van der Waals surface area contributed by atoms with Gasteiger partial charge in [-0.25, -0.2) is 0 Å². The molecule has 1 aliphatic rings. The van der Waals surface area contributed by atoms with E-state index in [9.17, 15) is 5.11 Å². The first kappa shape index (κ1) is 13.4. The van der Waals surface area contributed by atoms with Gasteiger partial charge in [-0.15, -0.1) is 23.1 Å². The van der Waals surface area contributed by atoms with E-state index >= 15 is 0 Å². The van der Waals surface area contributed by atoms with Crippen molar-refractivity contribution in [3.05, 3.63) is 17.0 Å². The summed E-state index contributed by atoms with van der Waals surface area (Å²) in [6.07, 6.45) is 2.98. The molecule has 3 atom stereocenters. The standard InChI is InChI=1S/C13H21NOS2/c1-9(15)4-3-6-14-12-8-10(2)17-13-11(12)5-7-16-13/h5,7,9-10,12,14-15H,3-4,6,8H2,1-2H3/t9?,10-,12?/m0/s1. The second-order valence-corrected chi connectivity index (χ2v) is 7.45. The highest BCUT2D eigenvalue weighted by Crippen LogP contribution is 2.43. The molecule has 0 spiro atoms. The Labute approximate surface area is 112 Å². The van der Waals surface area contributed by atoms with Crippen molar-refractivity contribution in [2.75, 3.05) is 6.54 Å². The Hall–Kier alpha value is -0.0300. The van der Waals surface area contributed by atoms with Crippen molar-refractivity contribution in [3.8, 4) is 0 Å². The maximum Gasteiger partial charge on any atom is 0.0649 e. The zero-order valence-corrected chi connectivity index (χ0v) is 12.1. The van der Waals surface area contributed by atoms with Crippen molar-refractivity contribution in [1.82, 2.24) is 5.32 Å². The summed E-state index contributed by atoms with van der Waals surface area (Å²) in [4.78, 5) is 0. The molecule has 2 N–H and O–H groups in total. The van der Waals surface area contributed by atoms with Crippen molar-refractivity contribution in [3.63, 3.8) is 0 Å². The molecule has 0 saturated heterocycles. The van der Waals surface area contributed by atoms with Crippen LogP contribution in [0.3, 0.4) is 0 Å². The third kappa shape index (κ3) is 3.71. The van der Waals surface area contributed by atoms with Gasteiger partial charge in [-0.2, -0.15) is 0 Å². The summed E-state index contributed by atoms with van der Waals surface area (Å²) in [5.74, 6) is 0. The summed E-state index contributed by atoms with van der Waals surface area (Å²) >= 11 is 3.86. The van der Waals surface area contributed by atoms with E-state index in [0.29, 0.717) is 11.3 Å². The number of hydrogen-bond acceptors (Lipinski definition) is 4. The normalized spacial score (nSPS) is 25.6. The molecule has 2 heterocycles. The van der Waals surface area contributed by atoms with E-state index in [1.54, 1.807) is 0 Å². The SMILES string of the molecule is CC(O)CCCNC1C[C@H](C)Sc2sccc21. The molecule has 1 aliphatic heterocycles. The van der Waals surface area contributed by atoms with E-state index in [2.05, 4.69) is 23.7 Å². The zero-order valence-electron chi connectivity index (χ0n) is 10.5. The second-order valence-electron chi connectivity index (χ2n) is 4.83. The summed E-state index contributed by atoms with van der Waals surface area (Å²) in [6, 6.07) is 2.77. The molecule has 0 radical (unpaired) electrons. The van der Waals surface area contributed by atoms with Gasteiger partial charge in [0.05, 0.1) is 10.3 Å². The smallest absolute Gasteiger partial charge is 0.0649 e. The van der Waals surface area contributed by atoms with Crippen molar-refractivity contribution in [2.24, 2.45) is 0 Å². The van der Waals surface area contributed by atoms with Crippen LogP contribution in [0.1, 0.15) is 44.7 Å². The van der Waals surface area contributed by atoms with E-state index in [0.717, 1.165) is 19.4 Å². The third-order valence-corrected chi connectivity index (χ3v) is 5.44. The van der Waals surface area contributed by atoms with Gasteiger partial charge in [0.1, 0.15) is 0 Å². The largest absolute Gasteiger partial charge is 0.393 e. The van der Waals surface area contributed by atoms with Crippen LogP contribution in [-0.2, 0) is 0 Å². The number of rotatable bonds is 5. The Kier molecular flexibility index (Phi) is 4.91. The zero-order chi connectivity index (χ0) is 12.3. The van der Waals surface area contributed by atoms with Gasteiger partial charge in [0.2, 0.25) is 0 Å². The quantitative estimate of drug-likeness (QED) is 0.805. The third-order valence-electron chi connectivity index (χ3n) is 3.10. The number of thiophene rings is 1. The van der Waals surface area contributed by atoms with Crippen molar-refractivity contribution in [2.45, 2.75) is 54.7 Å². The van der Waals surface area contributed by atoms with Crippen molar-refractivity contribution >= 4 is 23.1 Å². The van der Waals surface area contributed by atoms with E-state index in [4.69, 9.17) is 0 Å². The first-order valence-electron chi connectivity index (χ1n) is 6.32. The monoisotopic (exact) mass is 271 g/mol. The summed E-state index contributed by atoms with van der Waals surface area (Å²) < 4.78 is 1.48. The van der Waals surface area contributed by atoms with Gasteiger partial charge in [-0.05, 0) is 49.7 Å². The van der Waals surface area contributed by atoms with Crippen LogP contribution in [0.15, 0.2) is 15.7 Å². The average molecular weight is 271 g/mol. The lowest BCUT2D eigenvalue weighted by Crippen LogP contribution is -2.27. The predicted octanol–water partition coefficient (Wildman–Crippen LogP) is 3.42. The van der Waals surface area contributed by atoms with Crippen LogP contribution in [0.25, 0.3) is 0 Å². The van der Waals surface area contributed by atoms with Gasteiger partial charge >= 0.3 is 0 Å². The number of thioether (sulfide) groups is 1. The Morgan fingerprint density at radius 3 is 3.18 bits per heavy atom. The van der Waals surface area contributed by atoms with E-state index in [1.165, 1.54) is 16.2 Å². The van der Waals surface area contributed by atoms with Crippen LogP contribution < -0.4 is 5.32 Å². The molecular formula is C13H21NOS2. The molecule has 2 rings (SSSR count). The van der Waals surface area contributed by atoms with Crippen molar-refractivity contribution < 1.29 is 5.11 Å². The Balaban J connectivity index is 1.85. The number of aliphatic hydroxyl groups excluding tert-OH is 1. The molecule has 2 nitrogen and oxygen atoms in total. The number of aliphatic hydroxyl groups is 1. The summed E-state index contributed by atoms with van der Waals surface area (Å²) in [5, 5.41) is 15.8. The van der Waals surface area contributed by atoms with Gasteiger partial charge in [0, 0.05) is 11.3 Å². The molecule has 1 aromatic heterocycles. The number of fused-ring (bicyclic) bond motifs is 1. The fourth-order valence-corrected chi connectivity index (χ4v) is 4.78. The van der Waals surface area contributed by atoms with Crippen LogP contribution in [0.2, 0.25) is 0 Å². The molecule has 0 aliphatic carbocycles. The van der Waals surface area contributed by atoms with E-state index < -0.39 is 0 Å². The van der Waals surface area contributed by atoms with Crippen LogP contribution in [-0.4, -0.2) is 23.0 Å². The van der Waals surface area contributed by atoms with E-state index in [1.807, 2.05) is 30.0 Å². The van der Waals surface area contributed by atoms with Crippen LogP contribution in [0.4, 0.5) is 0 Å². The Morgan fingerprint density at radius 1 is 1.59 bits per heavy atom. The summed E-state index contributed by atoms with van der Waals surface area (Å²) in [5.41, 5.74) is 1.48. The molecule has 4 heteroatoms. The lowest BCUT2D eigenvalue weighted by molar-refractivity contribution is 0.180. The Morgan fingerprint density at radius 2 is 2.41 bits per heavy atom. The fraction of sp³-hybridized carbons (Fsp3) is 0.692. The highest BCUT2D eigenvalue weighted by molar-refractivity contribution is 8.01. The first-order valence-corrected chi connectivity index (χ1v) is 8.08. The minimum absolute atomic E-state index is 0.172. The lowest BCUT2D eigenvalue weighted by Gasteiger charge is -2.27. The molecule has 96 valence electrons. The topological polar surface area (TPSA) is 32.3 Å². The summed E-state index contributed by atoms with van der Waals surface area (Å²) in [6.45, 7) is 5.16. The number of nitrogens with one attached hydrogen (secondary N) is 1. The molecule has 0 bridgehead atoms. The lowest BCUT2D eigenvalue weighted by atomic mass is 10.0. The molecule has 17 heavy (non-hydrogen) atoms. The first-order chi connectivity index (χ1) is 8.16.